The second-order valence-electron chi connectivity index (χ2n) is 7.40. The zero-order valence-corrected chi connectivity index (χ0v) is 16.6. The molecule has 0 aliphatic carbocycles. The lowest BCUT2D eigenvalue weighted by atomic mass is 9.98. The van der Waals surface area contributed by atoms with Gasteiger partial charge in [0.05, 0.1) is 6.10 Å². The normalized spacial score (nSPS) is 16.2. The first-order chi connectivity index (χ1) is 13.5. The van der Waals surface area contributed by atoms with Gasteiger partial charge in [-0.3, -0.25) is 9.59 Å². The molecule has 1 unspecified atom stereocenters. The fourth-order valence-electron chi connectivity index (χ4n) is 3.31. The van der Waals surface area contributed by atoms with E-state index in [-0.39, 0.29) is 35.2 Å². The molecule has 1 atom stereocenters. The average molecular weight is 381 g/mol. The minimum absolute atomic E-state index is 0.0611. The van der Waals surface area contributed by atoms with Crippen molar-refractivity contribution in [1.82, 2.24) is 10.3 Å². The molecule has 2 amide bonds. The monoisotopic (exact) mass is 381 g/mol. The Morgan fingerprint density at radius 3 is 2.54 bits per heavy atom. The minimum atomic E-state index is -0.329. The first kappa shape index (κ1) is 20.0. The number of ether oxygens (including phenoxy) is 1. The standard InChI is InChI=1S/C22H27N3O3/c1-14(2)17-9-4-7-15(3)20(17)25-22(27)19-11-5-10-18(24-19)21(26)23-13-16-8-6-12-28-16/h4-5,7,9-11,14,16H,6,8,12-13H2,1-3H3,(H,23,26)(H,25,27). The number of anilines is 1. The Morgan fingerprint density at radius 1 is 1.14 bits per heavy atom. The summed E-state index contributed by atoms with van der Waals surface area (Å²) in [6.45, 7) is 7.33. The van der Waals surface area contributed by atoms with Crippen LogP contribution >= 0.6 is 0 Å². The smallest absolute Gasteiger partial charge is 0.274 e. The van der Waals surface area contributed by atoms with E-state index in [0.717, 1.165) is 36.3 Å². The molecule has 2 heterocycles. The number of hydrogen-bond acceptors (Lipinski definition) is 4. The molecule has 1 aromatic heterocycles. The Labute approximate surface area is 165 Å². The summed E-state index contributed by atoms with van der Waals surface area (Å²) in [5.41, 5.74) is 3.29. The molecular weight excluding hydrogens is 354 g/mol. The van der Waals surface area contributed by atoms with Gasteiger partial charge in [-0.2, -0.15) is 0 Å². The highest BCUT2D eigenvalue weighted by molar-refractivity contribution is 6.04. The van der Waals surface area contributed by atoms with Crippen molar-refractivity contribution in [2.75, 3.05) is 18.5 Å². The Bertz CT molecular complexity index is 858. The van der Waals surface area contributed by atoms with Crippen LogP contribution in [0.5, 0.6) is 0 Å². The minimum Gasteiger partial charge on any atom is -0.376 e. The second-order valence-corrected chi connectivity index (χ2v) is 7.40. The van der Waals surface area contributed by atoms with E-state index in [0.29, 0.717) is 6.54 Å². The van der Waals surface area contributed by atoms with Crippen LogP contribution in [0.15, 0.2) is 36.4 Å². The third-order valence-electron chi connectivity index (χ3n) is 4.89. The van der Waals surface area contributed by atoms with Crippen LogP contribution in [0.4, 0.5) is 5.69 Å². The number of rotatable bonds is 6. The van der Waals surface area contributed by atoms with E-state index in [1.807, 2.05) is 25.1 Å². The van der Waals surface area contributed by atoms with E-state index in [9.17, 15) is 9.59 Å². The molecule has 1 aromatic carbocycles. The van der Waals surface area contributed by atoms with Crippen LogP contribution < -0.4 is 10.6 Å². The lowest BCUT2D eigenvalue weighted by Crippen LogP contribution is -2.32. The van der Waals surface area contributed by atoms with Crippen molar-refractivity contribution in [2.24, 2.45) is 0 Å². The Hall–Kier alpha value is -2.73. The number of carbonyl (C=O) groups excluding carboxylic acids is 2. The van der Waals surface area contributed by atoms with Gasteiger partial charge in [0.15, 0.2) is 0 Å². The van der Waals surface area contributed by atoms with E-state index >= 15 is 0 Å². The molecule has 0 saturated carbocycles. The van der Waals surface area contributed by atoms with Crippen LogP contribution in [-0.4, -0.2) is 36.1 Å². The van der Waals surface area contributed by atoms with Crippen LogP contribution in [0.25, 0.3) is 0 Å². The van der Waals surface area contributed by atoms with E-state index in [1.54, 1.807) is 18.2 Å². The summed E-state index contributed by atoms with van der Waals surface area (Å²) >= 11 is 0. The molecule has 1 fully saturated rings. The average Bonchev–Trinajstić information content (AvgIpc) is 3.21. The number of amides is 2. The number of carbonyl (C=O) groups is 2. The first-order valence-corrected chi connectivity index (χ1v) is 9.73. The summed E-state index contributed by atoms with van der Waals surface area (Å²) in [6.07, 6.45) is 2.03. The molecule has 1 aliphatic rings. The highest BCUT2D eigenvalue weighted by atomic mass is 16.5. The lowest BCUT2D eigenvalue weighted by Gasteiger charge is -2.16. The number of pyridine rings is 1. The summed E-state index contributed by atoms with van der Waals surface area (Å²) in [7, 11) is 0. The van der Waals surface area contributed by atoms with Gasteiger partial charge in [-0.1, -0.05) is 38.1 Å². The number of aryl methyl sites for hydroxylation is 1. The van der Waals surface area contributed by atoms with Crippen LogP contribution in [0.1, 0.15) is 64.7 Å². The number of nitrogens with zero attached hydrogens (tertiary/aromatic N) is 1. The van der Waals surface area contributed by atoms with Crippen LogP contribution in [0.3, 0.4) is 0 Å². The quantitative estimate of drug-likeness (QED) is 0.800. The lowest BCUT2D eigenvalue weighted by molar-refractivity contribution is 0.0853. The number of aromatic nitrogens is 1. The predicted octanol–water partition coefficient (Wildman–Crippen LogP) is 3.67. The Kier molecular flexibility index (Phi) is 6.41. The highest BCUT2D eigenvalue weighted by Gasteiger charge is 2.19. The van der Waals surface area contributed by atoms with Crippen molar-refractivity contribution in [1.29, 1.82) is 0 Å². The maximum Gasteiger partial charge on any atom is 0.274 e. The van der Waals surface area contributed by atoms with Gasteiger partial charge in [0.25, 0.3) is 11.8 Å². The van der Waals surface area contributed by atoms with Gasteiger partial charge in [0.1, 0.15) is 11.4 Å². The molecule has 6 nitrogen and oxygen atoms in total. The predicted molar refractivity (Wildman–Crippen MR) is 109 cm³/mol. The van der Waals surface area contributed by atoms with E-state index < -0.39 is 0 Å². The van der Waals surface area contributed by atoms with Gasteiger partial charge in [0.2, 0.25) is 0 Å². The molecule has 28 heavy (non-hydrogen) atoms. The second kappa shape index (κ2) is 8.97. The van der Waals surface area contributed by atoms with Crippen LogP contribution in [-0.2, 0) is 4.74 Å². The summed E-state index contributed by atoms with van der Waals surface area (Å²) < 4.78 is 5.51. The molecule has 148 valence electrons. The number of hydrogen-bond donors (Lipinski definition) is 2. The van der Waals surface area contributed by atoms with Gasteiger partial charge in [0, 0.05) is 18.8 Å². The first-order valence-electron chi connectivity index (χ1n) is 9.73. The summed E-state index contributed by atoms with van der Waals surface area (Å²) in [6, 6.07) is 10.8. The van der Waals surface area contributed by atoms with Crippen LogP contribution in [0, 0.1) is 6.92 Å². The molecule has 1 aliphatic heterocycles. The fraction of sp³-hybridized carbons (Fsp3) is 0.409. The van der Waals surface area contributed by atoms with E-state index in [1.165, 1.54) is 0 Å². The van der Waals surface area contributed by atoms with Gasteiger partial charge >= 0.3 is 0 Å². The van der Waals surface area contributed by atoms with Crippen molar-refractivity contribution in [3.05, 3.63) is 58.9 Å². The molecule has 0 radical (unpaired) electrons. The Balaban J connectivity index is 1.71. The largest absolute Gasteiger partial charge is 0.376 e. The van der Waals surface area contributed by atoms with Crippen molar-refractivity contribution < 1.29 is 14.3 Å². The summed E-state index contributed by atoms with van der Waals surface area (Å²) in [5, 5.41) is 5.80. The third-order valence-corrected chi connectivity index (χ3v) is 4.89. The maximum absolute atomic E-state index is 12.8. The fourth-order valence-corrected chi connectivity index (χ4v) is 3.31. The zero-order chi connectivity index (χ0) is 20.1. The van der Waals surface area contributed by atoms with E-state index in [4.69, 9.17) is 4.74 Å². The highest BCUT2D eigenvalue weighted by Crippen LogP contribution is 2.27. The van der Waals surface area contributed by atoms with Crippen molar-refractivity contribution in [3.8, 4) is 0 Å². The Morgan fingerprint density at radius 2 is 1.86 bits per heavy atom. The van der Waals surface area contributed by atoms with Gasteiger partial charge in [-0.05, 0) is 48.9 Å². The number of nitrogens with one attached hydrogen (secondary N) is 2. The molecule has 2 N–H and O–H groups in total. The molecule has 1 saturated heterocycles. The molecule has 6 heteroatoms. The zero-order valence-electron chi connectivity index (χ0n) is 16.6. The molecule has 3 rings (SSSR count). The molecule has 0 spiro atoms. The van der Waals surface area contributed by atoms with Crippen molar-refractivity contribution in [2.45, 2.75) is 45.6 Å². The molecule has 2 aromatic rings. The van der Waals surface area contributed by atoms with Gasteiger partial charge < -0.3 is 15.4 Å². The maximum atomic E-state index is 12.8. The molecule has 0 bridgehead atoms. The van der Waals surface area contributed by atoms with Crippen LogP contribution in [0.2, 0.25) is 0 Å². The topological polar surface area (TPSA) is 80.3 Å². The van der Waals surface area contributed by atoms with Gasteiger partial charge in [-0.25, -0.2) is 4.98 Å². The van der Waals surface area contributed by atoms with E-state index in [2.05, 4.69) is 29.5 Å². The number of benzene rings is 1. The number of para-hydroxylation sites is 1. The molecular formula is C22H27N3O3. The van der Waals surface area contributed by atoms with Crippen molar-refractivity contribution in [3.63, 3.8) is 0 Å². The van der Waals surface area contributed by atoms with Gasteiger partial charge in [-0.15, -0.1) is 0 Å². The summed E-state index contributed by atoms with van der Waals surface area (Å²) in [5.74, 6) is -0.355. The summed E-state index contributed by atoms with van der Waals surface area (Å²) in [4.78, 5) is 29.4. The SMILES string of the molecule is Cc1cccc(C(C)C)c1NC(=O)c1cccc(C(=O)NCC2CCCO2)n1. The third kappa shape index (κ3) is 4.75. The van der Waals surface area contributed by atoms with Crippen molar-refractivity contribution >= 4 is 17.5 Å².